The molecule has 0 spiro atoms. The fraction of sp³-hybridized carbons (Fsp3) is 0.571. The summed E-state index contributed by atoms with van der Waals surface area (Å²) in [5.41, 5.74) is 2.26. The van der Waals surface area contributed by atoms with Crippen LogP contribution in [0.15, 0.2) is 24.3 Å². The molecule has 0 saturated heterocycles. The largest absolute Gasteiger partial charge is 0.171 e. The van der Waals surface area contributed by atoms with Gasteiger partial charge in [-0.1, -0.05) is 56.3 Å². The second-order valence-corrected chi connectivity index (χ2v) is 9.81. The lowest BCUT2D eigenvalue weighted by atomic mass is 10.0. The summed E-state index contributed by atoms with van der Waals surface area (Å²) >= 11 is 12.6. The van der Waals surface area contributed by atoms with Crippen LogP contribution in [0.1, 0.15) is 44.1 Å². The molecule has 0 bridgehead atoms. The van der Waals surface area contributed by atoms with E-state index in [0.29, 0.717) is 5.92 Å². The van der Waals surface area contributed by atoms with Crippen LogP contribution in [-0.2, 0) is 0 Å². The average Bonchev–Trinajstić information content (AvgIpc) is 2.83. The van der Waals surface area contributed by atoms with Crippen LogP contribution in [0.3, 0.4) is 0 Å². The van der Waals surface area contributed by atoms with Crippen molar-refractivity contribution in [2.45, 2.75) is 50.1 Å². The molecular weight excluding hydrogens is 267 g/mol. The monoisotopic (exact) mass is 286 g/mol. The molecule has 1 aliphatic carbocycles. The van der Waals surface area contributed by atoms with Gasteiger partial charge in [0.05, 0.1) is 0 Å². The van der Waals surface area contributed by atoms with Crippen LogP contribution in [-0.4, -0.2) is 8.11 Å². The molecule has 0 aromatic heterocycles. The number of hydrogen-bond donors (Lipinski definition) is 0. The smallest absolute Gasteiger partial charge is 0.144 e. The maximum Gasteiger partial charge on any atom is 0.144 e. The molecule has 1 aromatic carbocycles. The summed E-state index contributed by atoms with van der Waals surface area (Å²) in [6.45, 7) is 2.29. The Bertz CT molecular complexity index is 344. The maximum absolute atomic E-state index is 6.68. The summed E-state index contributed by atoms with van der Waals surface area (Å²) in [6.07, 6.45) is 5.56. The van der Waals surface area contributed by atoms with Gasteiger partial charge in [0.2, 0.25) is 0 Å². The summed E-state index contributed by atoms with van der Waals surface area (Å²) in [5, 5.41) is 0.816. The highest BCUT2D eigenvalue weighted by Crippen LogP contribution is 2.38. The molecule has 17 heavy (non-hydrogen) atoms. The third kappa shape index (κ3) is 3.74. The van der Waals surface area contributed by atoms with E-state index >= 15 is 0 Å². The zero-order chi connectivity index (χ0) is 12.3. The predicted molar refractivity (Wildman–Crippen MR) is 79.9 cm³/mol. The molecule has 1 saturated carbocycles. The van der Waals surface area contributed by atoms with Crippen molar-refractivity contribution in [1.82, 2.24) is 0 Å². The average molecular weight is 287 g/mol. The van der Waals surface area contributed by atoms with Gasteiger partial charge in [-0.3, -0.25) is 0 Å². The van der Waals surface area contributed by atoms with Crippen LogP contribution in [0.5, 0.6) is 0 Å². The van der Waals surface area contributed by atoms with E-state index in [4.69, 9.17) is 22.7 Å². The molecule has 0 radical (unpaired) electrons. The first-order valence-electron chi connectivity index (χ1n) is 6.56. The van der Waals surface area contributed by atoms with E-state index in [0.717, 1.165) is 10.6 Å². The fourth-order valence-electron chi connectivity index (χ4n) is 2.78. The minimum absolute atomic E-state index is 0.585. The van der Waals surface area contributed by atoms with Gasteiger partial charge >= 0.3 is 0 Å². The summed E-state index contributed by atoms with van der Waals surface area (Å²) in [4.78, 5) is 0. The van der Waals surface area contributed by atoms with Gasteiger partial charge in [0.25, 0.3) is 0 Å². The molecule has 2 atom stereocenters. The fourth-order valence-corrected chi connectivity index (χ4v) is 6.99. The number of hydrogen-bond acceptors (Lipinski definition) is 0. The van der Waals surface area contributed by atoms with E-state index in [1.54, 1.807) is 0 Å². The van der Waals surface area contributed by atoms with Gasteiger partial charge in [-0.2, -0.15) is 11.1 Å². The van der Waals surface area contributed by atoms with Gasteiger partial charge in [0.1, 0.15) is 8.11 Å². The van der Waals surface area contributed by atoms with E-state index in [-0.39, 0.29) is 0 Å². The predicted octanol–water partition coefficient (Wildman–Crippen LogP) is 5.35. The Morgan fingerprint density at radius 1 is 1.24 bits per heavy atom. The van der Waals surface area contributed by atoms with Crippen LogP contribution in [0.4, 0.5) is 0 Å². The molecule has 0 amide bonds. The summed E-state index contributed by atoms with van der Waals surface area (Å²) in [7, 11) is -1.06. The van der Waals surface area contributed by atoms with Crippen molar-refractivity contribution in [3.05, 3.63) is 34.9 Å². The van der Waals surface area contributed by atoms with Gasteiger partial charge in [-0.25, -0.2) is 0 Å². The molecule has 2 rings (SSSR count). The zero-order valence-electron chi connectivity index (χ0n) is 10.3. The first kappa shape index (κ1) is 13.4. The van der Waals surface area contributed by atoms with Crippen LogP contribution in [0.2, 0.25) is 16.6 Å². The minimum Gasteiger partial charge on any atom is -0.171 e. The number of halogens is 2. The van der Waals surface area contributed by atoms with Gasteiger partial charge in [0.15, 0.2) is 0 Å². The van der Waals surface area contributed by atoms with Gasteiger partial charge in [-0.05, 0) is 35.2 Å². The van der Waals surface area contributed by atoms with Crippen molar-refractivity contribution in [2.75, 3.05) is 0 Å². The Kier molecular flexibility index (Phi) is 4.95. The highest BCUT2D eigenvalue weighted by atomic mass is 35.6. The Labute approximate surface area is 116 Å². The molecule has 1 aliphatic rings. The Balaban J connectivity index is 1.91. The molecule has 0 heterocycles. The highest BCUT2D eigenvalue weighted by Gasteiger charge is 2.26. The topological polar surface area (TPSA) is 0 Å². The Morgan fingerprint density at radius 3 is 2.41 bits per heavy atom. The Morgan fingerprint density at radius 2 is 1.82 bits per heavy atom. The first-order valence-corrected chi connectivity index (χ1v) is 10.2. The van der Waals surface area contributed by atoms with Crippen LogP contribution < -0.4 is 0 Å². The van der Waals surface area contributed by atoms with Crippen LogP contribution in [0.25, 0.3) is 0 Å². The normalized spacial score (nSPS) is 20.4. The standard InChI is InChI=1S/C14H20Cl2Si/c1-11(12-6-8-13(15)9-7-12)10-17(16)14-4-2-3-5-14/h6-9,11,14,17H,2-5,10H2,1H3. The molecule has 0 nitrogen and oxygen atoms in total. The quantitative estimate of drug-likeness (QED) is 0.517. The molecule has 1 aromatic rings. The molecule has 2 unspecified atom stereocenters. The van der Waals surface area contributed by atoms with Crippen LogP contribution >= 0.6 is 22.7 Å². The van der Waals surface area contributed by atoms with Crippen molar-refractivity contribution in [1.29, 1.82) is 0 Å². The summed E-state index contributed by atoms with van der Waals surface area (Å²) < 4.78 is 0. The van der Waals surface area contributed by atoms with E-state index in [1.807, 2.05) is 12.1 Å². The van der Waals surface area contributed by atoms with E-state index in [9.17, 15) is 0 Å². The lowest BCUT2D eigenvalue weighted by Crippen LogP contribution is -2.14. The van der Waals surface area contributed by atoms with Crippen molar-refractivity contribution < 1.29 is 0 Å². The highest BCUT2D eigenvalue weighted by molar-refractivity contribution is 7.07. The molecule has 94 valence electrons. The maximum atomic E-state index is 6.68. The van der Waals surface area contributed by atoms with Crippen molar-refractivity contribution >= 4 is 30.8 Å². The lowest BCUT2D eigenvalue weighted by Gasteiger charge is -2.19. The zero-order valence-corrected chi connectivity index (χ0v) is 13.0. The van der Waals surface area contributed by atoms with E-state index < -0.39 is 8.11 Å². The summed E-state index contributed by atoms with van der Waals surface area (Å²) in [5.74, 6) is 0.585. The van der Waals surface area contributed by atoms with E-state index in [1.165, 1.54) is 37.3 Å². The second kappa shape index (κ2) is 6.26. The number of benzene rings is 1. The van der Waals surface area contributed by atoms with Gasteiger partial charge in [0, 0.05) is 5.02 Å². The third-order valence-corrected chi connectivity index (χ3v) is 8.63. The van der Waals surface area contributed by atoms with Crippen molar-refractivity contribution in [2.24, 2.45) is 0 Å². The lowest BCUT2D eigenvalue weighted by molar-refractivity contribution is 0.808. The van der Waals surface area contributed by atoms with Crippen molar-refractivity contribution in [3.63, 3.8) is 0 Å². The molecular formula is C14H20Cl2Si. The van der Waals surface area contributed by atoms with Gasteiger partial charge in [-0.15, -0.1) is 0 Å². The second-order valence-electron chi connectivity index (χ2n) is 5.25. The number of rotatable bonds is 4. The van der Waals surface area contributed by atoms with Crippen molar-refractivity contribution in [3.8, 4) is 0 Å². The molecule has 3 heteroatoms. The SMILES string of the molecule is CC(C[SiH](Cl)C1CCCC1)c1ccc(Cl)cc1. The minimum atomic E-state index is -1.06. The van der Waals surface area contributed by atoms with E-state index in [2.05, 4.69) is 19.1 Å². The Hall–Kier alpha value is 0.0169. The van der Waals surface area contributed by atoms with Crippen LogP contribution in [0, 0.1) is 0 Å². The van der Waals surface area contributed by atoms with Gasteiger partial charge < -0.3 is 0 Å². The first-order chi connectivity index (χ1) is 8.16. The molecule has 0 aliphatic heterocycles. The molecule has 1 fully saturated rings. The summed E-state index contributed by atoms with van der Waals surface area (Å²) in [6, 6.07) is 9.45. The molecule has 0 N–H and O–H groups in total. The third-order valence-electron chi connectivity index (χ3n) is 3.93.